The molecule has 104 valence electrons. The van der Waals surface area contributed by atoms with E-state index in [4.69, 9.17) is 0 Å². The Hall–Kier alpha value is -1.67. The Labute approximate surface area is 111 Å². The lowest BCUT2D eigenvalue weighted by molar-refractivity contribution is -0.385. The van der Waals surface area contributed by atoms with Gasteiger partial charge < -0.3 is 5.32 Å². The number of rotatable bonds is 5. The number of benzene rings is 1. The van der Waals surface area contributed by atoms with E-state index in [1.807, 2.05) is 0 Å². The van der Waals surface area contributed by atoms with Crippen molar-refractivity contribution < 1.29 is 13.3 Å². The van der Waals surface area contributed by atoms with Gasteiger partial charge in [-0.2, -0.15) is 0 Å². The first-order chi connectivity index (χ1) is 8.94. The molecule has 0 radical (unpaired) electrons. The van der Waals surface area contributed by atoms with E-state index >= 15 is 0 Å². The summed E-state index contributed by atoms with van der Waals surface area (Å²) in [7, 11) is -2.16. The van der Waals surface area contributed by atoms with Crippen LogP contribution >= 0.6 is 0 Å². The number of anilines is 1. The van der Waals surface area contributed by atoms with Crippen LogP contribution in [0.1, 0.15) is 19.3 Å². The van der Waals surface area contributed by atoms with E-state index in [2.05, 4.69) is 10.0 Å². The number of sulfonamides is 1. The Bertz CT molecular complexity index is 596. The average molecular weight is 285 g/mol. The summed E-state index contributed by atoms with van der Waals surface area (Å²) in [6.45, 7) is 0. The van der Waals surface area contributed by atoms with Gasteiger partial charge in [0.05, 0.1) is 10.6 Å². The molecule has 0 unspecified atom stereocenters. The molecule has 1 aliphatic carbocycles. The zero-order chi connectivity index (χ0) is 14.0. The van der Waals surface area contributed by atoms with Crippen molar-refractivity contribution in [3.63, 3.8) is 0 Å². The normalized spacial score (nSPS) is 15.8. The molecule has 8 heteroatoms. The van der Waals surface area contributed by atoms with Gasteiger partial charge in [-0.15, -0.1) is 0 Å². The maximum absolute atomic E-state index is 12.2. The fourth-order valence-corrected chi connectivity index (χ4v) is 3.40. The van der Waals surface area contributed by atoms with Crippen molar-refractivity contribution in [2.24, 2.45) is 0 Å². The molecule has 0 saturated heterocycles. The molecule has 0 atom stereocenters. The molecule has 19 heavy (non-hydrogen) atoms. The molecule has 7 nitrogen and oxygen atoms in total. The van der Waals surface area contributed by atoms with Crippen molar-refractivity contribution in [3.05, 3.63) is 28.3 Å². The first-order valence-corrected chi connectivity index (χ1v) is 7.41. The molecular formula is C11H15N3O4S. The number of non-ortho nitro benzene ring substituents is 1. The van der Waals surface area contributed by atoms with E-state index in [0.717, 1.165) is 25.3 Å². The lowest BCUT2D eigenvalue weighted by atomic mass is 9.94. The first kappa shape index (κ1) is 13.8. The molecule has 0 amide bonds. The minimum absolute atomic E-state index is 0.0611. The van der Waals surface area contributed by atoms with E-state index in [0.29, 0.717) is 5.69 Å². The van der Waals surface area contributed by atoms with Crippen molar-refractivity contribution in [3.8, 4) is 0 Å². The number of hydrogen-bond acceptors (Lipinski definition) is 5. The standard InChI is InChI=1S/C11H15N3O4S/c1-12-10-6-5-9(14(15)16)7-11(10)19(17,18)13-8-3-2-4-8/h5-8,12-13H,2-4H2,1H3. The molecule has 0 aliphatic heterocycles. The van der Waals surface area contributed by atoms with Gasteiger partial charge in [-0.25, -0.2) is 13.1 Å². The molecule has 0 bridgehead atoms. The monoisotopic (exact) mass is 285 g/mol. The first-order valence-electron chi connectivity index (χ1n) is 5.92. The van der Waals surface area contributed by atoms with Crippen LogP contribution in [0.4, 0.5) is 11.4 Å². The smallest absolute Gasteiger partial charge is 0.270 e. The van der Waals surface area contributed by atoms with E-state index in [1.54, 1.807) is 7.05 Å². The molecular weight excluding hydrogens is 270 g/mol. The molecule has 1 aliphatic rings. The second kappa shape index (κ2) is 5.14. The van der Waals surface area contributed by atoms with Crippen LogP contribution in [0.5, 0.6) is 0 Å². The number of nitrogens with one attached hydrogen (secondary N) is 2. The highest BCUT2D eigenvalue weighted by Gasteiger charge is 2.27. The van der Waals surface area contributed by atoms with Crippen molar-refractivity contribution in [2.45, 2.75) is 30.2 Å². The van der Waals surface area contributed by atoms with Crippen LogP contribution in [0, 0.1) is 10.1 Å². The minimum atomic E-state index is -3.74. The van der Waals surface area contributed by atoms with Crippen LogP contribution in [0.15, 0.2) is 23.1 Å². The molecule has 1 saturated carbocycles. The van der Waals surface area contributed by atoms with Crippen LogP contribution in [0.25, 0.3) is 0 Å². The third-order valence-electron chi connectivity index (χ3n) is 3.16. The van der Waals surface area contributed by atoms with Gasteiger partial charge in [0.2, 0.25) is 10.0 Å². The Morgan fingerprint density at radius 3 is 2.53 bits per heavy atom. The highest BCUT2D eigenvalue weighted by molar-refractivity contribution is 7.89. The highest BCUT2D eigenvalue weighted by Crippen LogP contribution is 2.28. The number of hydrogen-bond donors (Lipinski definition) is 2. The summed E-state index contributed by atoms with van der Waals surface area (Å²) in [6.07, 6.45) is 2.62. The fraction of sp³-hybridized carbons (Fsp3) is 0.455. The Morgan fingerprint density at radius 1 is 1.37 bits per heavy atom. The van der Waals surface area contributed by atoms with Crippen molar-refractivity contribution >= 4 is 21.4 Å². The minimum Gasteiger partial charge on any atom is -0.387 e. The van der Waals surface area contributed by atoms with Crippen LogP contribution in [-0.2, 0) is 10.0 Å². The van der Waals surface area contributed by atoms with E-state index < -0.39 is 14.9 Å². The Balaban J connectivity index is 2.39. The summed E-state index contributed by atoms with van der Waals surface area (Å²) in [5.41, 5.74) is 0.102. The van der Waals surface area contributed by atoms with Crippen molar-refractivity contribution in [2.75, 3.05) is 12.4 Å². The number of nitrogens with zero attached hydrogens (tertiary/aromatic N) is 1. The van der Waals surface area contributed by atoms with E-state index in [-0.39, 0.29) is 16.6 Å². The van der Waals surface area contributed by atoms with Crippen molar-refractivity contribution in [1.82, 2.24) is 4.72 Å². The Morgan fingerprint density at radius 2 is 2.05 bits per heavy atom. The molecule has 1 aromatic carbocycles. The van der Waals surface area contributed by atoms with Crippen LogP contribution < -0.4 is 10.0 Å². The molecule has 0 spiro atoms. The second-order valence-corrected chi connectivity index (χ2v) is 6.12. The molecule has 2 rings (SSSR count). The quantitative estimate of drug-likeness (QED) is 0.630. The third kappa shape index (κ3) is 2.85. The van der Waals surface area contributed by atoms with Gasteiger partial charge in [0, 0.05) is 25.2 Å². The molecule has 1 aromatic rings. The van der Waals surface area contributed by atoms with Gasteiger partial charge >= 0.3 is 0 Å². The molecule has 2 N–H and O–H groups in total. The van der Waals surface area contributed by atoms with Gasteiger partial charge in [0.25, 0.3) is 5.69 Å². The van der Waals surface area contributed by atoms with Crippen LogP contribution in [0.2, 0.25) is 0 Å². The zero-order valence-corrected chi connectivity index (χ0v) is 11.2. The van der Waals surface area contributed by atoms with Gasteiger partial charge in [-0.1, -0.05) is 6.42 Å². The zero-order valence-electron chi connectivity index (χ0n) is 10.4. The molecule has 1 fully saturated rings. The lowest BCUT2D eigenvalue weighted by Crippen LogP contribution is -2.39. The largest absolute Gasteiger partial charge is 0.387 e. The van der Waals surface area contributed by atoms with Gasteiger partial charge in [0.1, 0.15) is 4.90 Å². The summed E-state index contributed by atoms with van der Waals surface area (Å²) in [6, 6.07) is 3.68. The summed E-state index contributed by atoms with van der Waals surface area (Å²) in [5.74, 6) is 0. The summed E-state index contributed by atoms with van der Waals surface area (Å²) in [5, 5.41) is 13.5. The number of nitro benzene ring substituents is 1. The summed E-state index contributed by atoms with van der Waals surface area (Å²) in [4.78, 5) is 10.0. The average Bonchev–Trinajstić information content (AvgIpc) is 2.33. The number of nitro groups is 1. The summed E-state index contributed by atoms with van der Waals surface area (Å²) < 4.78 is 27.0. The van der Waals surface area contributed by atoms with E-state index in [9.17, 15) is 18.5 Å². The molecule has 0 aromatic heterocycles. The maximum atomic E-state index is 12.2. The highest BCUT2D eigenvalue weighted by atomic mass is 32.2. The predicted octanol–water partition coefficient (Wildman–Crippen LogP) is 1.47. The SMILES string of the molecule is CNc1ccc([N+](=O)[O-])cc1S(=O)(=O)NC1CCC1. The van der Waals surface area contributed by atoms with Crippen molar-refractivity contribution in [1.29, 1.82) is 0 Å². The van der Waals surface area contributed by atoms with Gasteiger partial charge in [-0.3, -0.25) is 10.1 Å². The second-order valence-electron chi connectivity index (χ2n) is 4.44. The summed E-state index contributed by atoms with van der Waals surface area (Å²) >= 11 is 0. The van der Waals surface area contributed by atoms with Gasteiger partial charge in [0.15, 0.2) is 0 Å². The fourth-order valence-electron chi connectivity index (χ4n) is 1.86. The topological polar surface area (TPSA) is 101 Å². The third-order valence-corrected chi connectivity index (χ3v) is 4.72. The van der Waals surface area contributed by atoms with Crippen LogP contribution in [-0.4, -0.2) is 26.4 Å². The van der Waals surface area contributed by atoms with Gasteiger partial charge in [-0.05, 0) is 18.9 Å². The van der Waals surface area contributed by atoms with Crippen LogP contribution in [0.3, 0.4) is 0 Å². The Kier molecular flexibility index (Phi) is 3.72. The van der Waals surface area contributed by atoms with E-state index in [1.165, 1.54) is 12.1 Å². The predicted molar refractivity (Wildman–Crippen MR) is 70.6 cm³/mol. The maximum Gasteiger partial charge on any atom is 0.270 e. The molecule has 0 heterocycles. The lowest BCUT2D eigenvalue weighted by Gasteiger charge is -2.26.